The molecule has 1 heterocycles. The summed E-state index contributed by atoms with van der Waals surface area (Å²) in [6.07, 6.45) is 0.711. The lowest BCUT2D eigenvalue weighted by atomic mass is 10.2. The first-order chi connectivity index (χ1) is 8.11. The summed E-state index contributed by atoms with van der Waals surface area (Å²) in [6.45, 7) is 4.44. The summed E-state index contributed by atoms with van der Waals surface area (Å²) < 4.78 is 1.84. The number of nitrogens with two attached hydrogens (primary N) is 1. The molecule has 0 amide bonds. The quantitative estimate of drug-likeness (QED) is 0.907. The van der Waals surface area contributed by atoms with Gasteiger partial charge in [0.25, 0.3) is 0 Å². The molecule has 0 saturated carbocycles. The molecule has 0 unspecified atom stereocenters. The summed E-state index contributed by atoms with van der Waals surface area (Å²) in [5, 5.41) is 5.12. The number of hydrogen-bond donors (Lipinski definition) is 1. The first-order valence-electron chi connectivity index (χ1n) is 5.51. The van der Waals surface area contributed by atoms with Gasteiger partial charge in [-0.15, -0.1) is 0 Å². The fraction of sp³-hybridized carbons (Fsp3) is 0.333. The number of nitrogens with zero attached hydrogens (tertiary/aromatic N) is 3. The molecule has 0 spiro atoms. The van der Waals surface area contributed by atoms with Crippen LogP contribution in [0.4, 0.5) is 0 Å². The molecule has 2 N–H and O–H groups in total. The highest BCUT2D eigenvalue weighted by Gasteiger charge is 2.10. The molecule has 0 radical (unpaired) electrons. The average Bonchev–Trinajstić information content (AvgIpc) is 2.60. The van der Waals surface area contributed by atoms with Crippen LogP contribution in [0, 0.1) is 13.8 Å². The van der Waals surface area contributed by atoms with Crippen molar-refractivity contribution in [3.8, 4) is 5.69 Å². The summed E-state index contributed by atoms with van der Waals surface area (Å²) in [6, 6.07) is 5.72. The molecule has 1 aromatic heterocycles. The summed E-state index contributed by atoms with van der Waals surface area (Å²) in [7, 11) is 0. The topological polar surface area (TPSA) is 56.7 Å². The van der Waals surface area contributed by atoms with Crippen LogP contribution in [0.1, 0.15) is 17.2 Å². The molecule has 5 heteroatoms. The van der Waals surface area contributed by atoms with E-state index in [9.17, 15) is 0 Å². The van der Waals surface area contributed by atoms with Crippen LogP contribution in [-0.2, 0) is 6.42 Å². The zero-order valence-corrected chi connectivity index (χ0v) is 10.7. The maximum Gasteiger partial charge on any atom is 0.148 e. The second kappa shape index (κ2) is 4.85. The molecule has 0 aliphatic heterocycles. The third kappa shape index (κ3) is 2.48. The Hall–Kier alpha value is -1.39. The van der Waals surface area contributed by atoms with Gasteiger partial charge in [-0.1, -0.05) is 11.6 Å². The smallest absolute Gasteiger partial charge is 0.148 e. The van der Waals surface area contributed by atoms with Crippen LogP contribution < -0.4 is 5.73 Å². The molecule has 17 heavy (non-hydrogen) atoms. The van der Waals surface area contributed by atoms with E-state index in [-0.39, 0.29) is 0 Å². The molecular formula is C12H15ClN4. The number of aryl methyl sites for hydroxylation is 2. The highest BCUT2D eigenvalue weighted by atomic mass is 35.5. The highest BCUT2D eigenvalue weighted by Crippen LogP contribution is 2.19. The molecule has 0 fully saturated rings. The van der Waals surface area contributed by atoms with Gasteiger partial charge in [0.05, 0.1) is 5.69 Å². The molecule has 1 aromatic carbocycles. The Kier molecular flexibility index (Phi) is 3.45. The third-order valence-electron chi connectivity index (χ3n) is 2.54. The lowest BCUT2D eigenvalue weighted by molar-refractivity contribution is 0.770. The summed E-state index contributed by atoms with van der Waals surface area (Å²) in [5.74, 6) is 1.64. The van der Waals surface area contributed by atoms with Crippen molar-refractivity contribution >= 4 is 11.6 Å². The summed E-state index contributed by atoms with van der Waals surface area (Å²) in [5.41, 5.74) is 7.65. The number of rotatable bonds is 3. The van der Waals surface area contributed by atoms with E-state index in [0.29, 0.717) is 13.0 Å². The minimum absolute atomic E-state index is 0.560. The average molecular weight is 251 g/mol. The second-order valence-corrected chi connectivity index (χ2v) is 4.39. The van der Waals surface area contributed by atoms with E-state index >= 15 is 0 Å². The molecule has 2 rings (SSSR count). The van der Waals surface area contributed by atoms with Crippen molar-refractivity contribution in [2.45, 2.75) is 20.3 Å². The molecule has 4 nitrogen and oxygen atoms in total. The van der Waals surface area contributed by atoms with Crippen LogP contribution in [0.5, 0.6) is 0 Å². The van der Waals surface area contributed by atoms with Gasteiger partial charge in [0.1, 0.15) is 11.6 Å². The van der Waals surface area contributed by atoms with E-state index in [2.05, 4.69) is 10.1 Å². The monoisotopic (exact) mass is 250 g/mol. The molecule has 90 valence electrons. The Morgan fingerprint density at radius 2 is 2.12 bits per heavy atom. The van der Waals surface area contributed by atoms with Crippen LogP contribution in [0.3, 0.4) is 0 Å². The standard InChI is InChI=1S/C12H15ClN4/c1-8-7-10(13)3-4-11(8)17-12(5-6-14)15-9(2)16-17/h3-4,7H,5-6,14H2,1-2H3. The fourth-order valence-electron chi connectivity index (χ4n) is 1.80. The fourth-order valence-corrected chi connectivity index (χ4v) is 2.03. The maximum absolute atomic E-state index is 5.95. The Morgan fingerprint density at radius 3 is 2.76 bits per heavy atom. The molecule has 0 saturated heterocycles. The lowest BCUT2D eigenvalue weighted by Gasteiger charge is -2.08. The van der Waals surface area contributed by atoms with Gasteiger partial charge in [0, 0.05) is 11.4 Å². The van der Waals surface area contributed by atoms with Gasteiger partial charge in [-0.3, -0.25) is 0 Å². The van der Waals surface area contributed by atoms with E-state index in [1.165, 1.54) is 0 Å². The largest absolute Gasteiger partial charge is 0.330 e. The molecular weight excluding hydrogens is 236 g/mol. The van der Waals surface area contributed by atoms with Crippen molar-refractivity contribution in [1.82, 2.24) is 14.8 Å². The van der Waals surface area contributed by atoms with Gasteiger partial charge in [0.15, 0.2) is 0 Å². The van der Waals surface area contributed by atoms with Gasteiger partial charge in [0.2, 0.25) is 0 Å². The third-order valence-corrected chi connectivity index (χ3v) is 2.77. The summed E-state index contributed by atoms with van der Waals surface area (Å²) in [4.78, 5) is 4.38. The highest BCUT2D eigenvalue weighted by molar-refractivity contribution is 6.30. The number of halogens is 1. The SMILES string of the molecule is Cc1nc(CCN)n(-c2ccc(Cl)cc2C)n1. The van der Waals surface area contributed by atoms with Gasteiger partial charge in [-0.2, -0.15) is 5.10 Å². The van der Waals surface area contributed by atoms with Crippen molar-refractivity contribution < 1.29 is 0 Å². The van der Waals surface area contributed by atoms with Crippen molar-refractivity contribution in [1.29, 1.82) is 0 Å². The van der Waals surface area contributed by atoms with Crippen molar-refractivity contribution in [2.24, 2.45) is 5.73 Å². The van der Waals surface area contributed by atoms with Gasteiger partial charge >= 0.3 is 0 Å². The van der Waals surface area contributed by atoms with Crippen LogP contribution in [0.2, 0.25) is 5.02 Å². The van der Waals surface area contributed by atoms with Gasteiger partial charge < -0.3 is 5.73 Å². The van der Waals surface area contributed by atoms with Crippen molar-refractivity contribution in [3.05, 3.63) is 40.4 Å². The van der Waals surface area contributed by atoms with Crippen LogP contribution in [0.25, 0.3) is 5.69 Å². The molecule has 0 bridgehead atoms. The lowest BCUT2D eigenvalue weighted by Crippen LogP contribution is -2.10. The van der Waals surface area contributed by atoms with Crippen molar-refractivity contribution in [2.75, 3.05) is 6.54 Å². The number of hydrogen-bond acceptors (Lipinski definition) is 3. The predicted octanol–water partition coefficient (Wildman–Crippen LogP) is 2.04. The van der Waals surface area contributed by atoms with E-state index in [1.54, 1.807) is 0 Å². The van der Waals surface area contributed by atoms with Crippen molar-refractivity contribution in [3.63, 3.8) is 0 Å². The first-order valence-corrected chi connectivity index (χ1v) is 5.88. The Bertz CT molecular complexity index is 533. The van der Waals surface area contributed by atoms with E-state index in [0.717, 1.165) is 27.9 Å². The molecule has 2 aromatic rings. The Morgan fingerprint density at radius 1 is 1.35 bits per heavy atom. The second-order valence-electron chi connectivity index (χ2n) is 3.96. The summed E-state index contributed by atoms with van der Waals surface area (Å²) >= 11 is 5.95. The predicted molar refractivity (Wildman–Crippen MR) is 68.6 cm³/mol. The van der Waals surface area contributed by atoms with Crippen LogP contribution in [-0.4, -0.2) is 21.3 Å². The zero-order chi connectivity index (χ0) is 12.4. The van der Waals surface area contributed by atoms with E-state index in [4.69, 9.17) is 17.3 Å². The van der Waals surface area contributed by atoms with E-state index in [1.807, 2.05) is 36.7 Å². The van der Waals surface area contributed by atoms with Gasteiger partial charge in [-0.05, 0) is 44.2 Å². The number of aromatic nitrogens is 3. The molecule has 0 aliphatic rings. The minimum Gasteiger partial charge on any atom is -0.330 e. The first kappa shape index (κ1) is 12.1. The maximum atomic E-state index is 5.95. The van der Waals surface area contributed by atoms with E-state index < -0.39 is 0 Å². The molecule has 0 aliphatic carbocycles. The number of benzene rings is 1. The Labute approximate surface area is 105 Å². The van der Waals surface area contributed by atoms with Crippen LogP contribution >= 0.6 is 11.6 Å². The zero-order valence-electron chi connectivity index (χ0n) is 9.94. The Balaban J connectivity index is 2.51. The van der Waals surface area contributed by atoms with Crippen LogP contribution in [0.15, 0.2) is 18.2 Å². The normalized spacial score (nSPS) is 10.8. The minimum atomic E-state index is 0.560. The van der Waals surface area contributed by atoms with Gasteiger partial charge in [-0.25, -0.2) is 9.67 Å². The molecule has 0 atom stereocenters.